The monoisotopic (exact) mass is 375 g/mol. The van der Waals surface area contributed by atoms with Crippen LogP contribution in [0.3, 0.4) is 0 Å². The quantitative estimate of drug-likeness (QED) is 0.615. The van der Waals surface area contributed by atoms with Gasteiger partial charge < -0.3 is 4.74 Å². The summed E-state index contributed by atoms with van der Waals surface area (Å²) in [5.41, 5.74) is 0.777. The molecule has 2 aromatic heterocycles. The summed E-state index contributed by atoms with van der Waals surface area (Å²) in [7, 11) is 0. The third-order valence-electron chi connectivity index (χ3n) is 3.94. The summed E-state index contributed by atoms with van der Waals surface area (Å²) in [6, 6.07) is 6.83. The van der Waals surface area contributed by atoms with Gasteiger partial charge in [0, 0.05) is 6.54 Å². The maximum absolute atomic E-state index is 12.4. The first-order valence-corrected chi connectivity index (χ1v) is 8.63. The Kier molecular flexibility index (Phi) is 5.32. The highest BCUT2D eigenvalue weighted by molar-refractivity contribution is 6.32. The fourth-order valence-corrected chi connectivity index (χ4v) is 2.88. The molecule has 0 saturated heterocycles. The number of nitrogens with zero attached hydrogens (tertiary/aromatic N) is 5. The van der Waals surface area contributed by atoms with Crippen LogP contribution in [-0.4, -0.2) is 30.7 Å². The first kappa shape index (κ1) is 18.1. The third-order valence-corrected chi connectivity index (χ3v) is 4.32. The molecule has 3 aromatic rings. The van der Waals surface area contributed by atoms with Gasteiger partial charge in [-0.05, 0) is 25.5 Å². The predicted molar refractivity (Wildman–Crippen MR) is 96.1 cm³/mol. The summed E-state index contributed by atoms with van der Waals surface area (Å²) >= 11 is 6.25. The van der Waals surface area contributed by atoms with Crippen LogP contribution in [0.5, 0.6) is 0 Å². The number of carbonyl (C=O) groups is 1. The molecular weight excluding hydrogens is 358 g/mol. The molecule has 3 rings (SSSR count). The number of unbranched alkanes of at least 4 members (excludes halogenated alkanes) is 1. The lowest BCUT2D eigenvalue weighted by molar-refractivity contribution is 0.0335. The molecule has 0 amide bonds. The molecule has 0 bridgehead atoms. The summed E-state index contributed by atoms with van der Waals surface area (Å²) in [4.78, 5) is 24.8. The van der Waals surface area contributed by atoms with Gasteiger partial charge in [-0.25, -0.2) is 4.79 Å². The van der Waals surface area contributed by atoms with E-state index >= 15 is 0 Å². The average molecular weight is 376 g/mol. The van der Waals surface area contributed by atoms with Crippen molar-refractivity contribution in [3.05, 3.63) is 51.0 Å². The highest BCUT2D eigenvalue weighted by Crippen LogP contribution is 2.21. The Hall–Kier alpha value is -2.74. The predicted octanol–water partition coefficient (Wildman–Crippen LogP) is 2.56. The normalized spacial score (nSPS) is 11.0. The van der Waals surface area contributed by atoms with Crippen molar-refractivity contribution in [1.29, 1.82) is 0 Å². The minimum Gasteiger partial charge on any atom is -0.438 e. The van der Waals surface area contributed by atoms with Gasteiger partial charge in [0.15, 0.2) is 6.73 Å². The van der Waals surface area contributed by atoms with Crippen LogP contribution < -0.4 is 5.56 Å². The minimum atomic E-state index is -0.655. The first-order chi connectivity index (χ1) is 12.5. The van der Waals surface area contributed by atoms with Crippen LogP contribution >= 0.6 is 11.6 Å². The lowest BCUT2D eigenvalue weighted by Crippen LogP contribution is -2.26. The number of hydrogen-bond donors (Lipinski definition) is 0. The number of aryl methyl sites for hydroxylation is 2. The number of aromatic nitrogens is 5. The summed E-state index contributed by atoms with van der Waals surface area (Å²) in [5, 5.41) is 12.6. The van der Waals surface area contributed by atoms with Crippen molar-refractivity contribution >= 4 is 28.5 Å². The van der Waals surface area contributed by atoms with E-state index in [-0.39, 0.29) is 23.0 Å². The molecule has 0 radical (unpaired) electrons. The number of rotatable bonds is 6. The van der Waals surface area contributed by atoms with Crippen LogP contribution in [0.15, 0.2) is 29.1 Å². The van der Waals surface area contributed by atoms with Crippen molar-refractivity contribution in [3.8, 4) is 0 Å². The van der Waals surface area contributed by atoms with Gasteiger partial charge in [-0.2, -0.15) is 9.78 Å². The number of esters is 1. The number of fused-ring (bicyclic) bond motifs is 1. The van der Waals surface area contributed by atoms with Crippen LogP contribution in [0.1, 0.15) is 35.8 Å². The van der Waals surface area contributed by atoms with Gasteiger partial charge in [0.25, 0.3) is 5.56 Å². The Morgan fingerprint density at radius 3 is 2.81 bits per heavy atom. The number of ether oxygens (including phenoxy) is 1. The van der Waals surface area contributed by atoms with Crippen LogP contribution in [-0.2, 0) is 18.0 Å². The molecule has 0 N–H and O–H groups in total. The molecule has 136 valence electrons. The van der Waals surface area contributed by atoms with Crippen LogP contribution in [0, 0.1) is 6.92 Å². The van der Waals surface area contributed by atoms with Crippen LogP contribution in [0.25, 0.3) is 10.9 Å². The van der Waals surface area contributed by atoms with E-state index in [1.165, 1.54) is 0 Å². The molecule has 0 fully saturated rings. The molecular formula is C17H18ClN5O3. The second-order valence-electron chi connectivity index (χ2n) is 5.80. The molecule has 1 aromatic carbocycles. The second-order valence-corrected chi connectivity index (χ2v) is 6.16. The van der Waals surface area contributed by atoms with Crippen LogP contribution in [0.2, 0.25) is 5.15 Å². The fourth-order valence-electron chi connectivity index (χ4n) is 2.54. The Morgan fingerprint density at radius 2 is 2.04 bits per heavy atom. The average Bonchev–Trinajstić information content (AvgIpc) is 2.93. The second kappa shape index (κ2) is 7.65. The van der Waals surface area contributed by atoms with Gasteiger partial charge in [-0.15, -0.1) is 5.10 Å². The molecule has 9 heteroatoms. The van der Waals surface area contributed by atoms with E-state index in [1.54, 1.807) is 35.9 Å². The van der Waals surface area contributed by atoms with E-state index in [0.717, 1.165) is 17.5 Å². The highest BCUT2D eigenvalue weighted by Gasteiger charge is 2.22. The smallest absolute Gasteiger partial charge is 0.344 e. The number of halogens is 1. The van der Waals surface area contributed by atoms with Crippen molar-refractivity contribution in [2.24, 2.45) is 0 Å². The van der Waals surface area contributed by atoms with Gasteiger partial charge in [0.05, 0.1) is 11.1 Å². The largest absolute Gasteiger partial charge is 0.438 e. The zero-order valence-electron chi connectivity index (χ0n) is 14.5. The van der Waals surface area contributed by atoms with E-state index in [2.05, 4.69) is 22.3 Å². The summed E-state index contributed by atoms with van der Waals surface area (Å²) < 4.78 is 7.78. The molecule has 0 atom stereocenters. The van der Waals surface area contributed by atoms with E-state index in [9.17, 15) is 9.59 Å². The van der Waals surface area contributed by atoms with Gasteiger partial charge in [0.1, 0.15) is 16.2 Å². The molecule has 0 aliphatic heterocycles. The van der Waals surface area contributed by atoms with Gasteiger partial charge in [-0.1, -0.05) is 42.3 Å². The Balaban J connectivity index is 1.78. The lowest BCUT2D eigenvalue weighted by atomic mass is 10.2. The van der Waals surface area contributed by atoms with E-state index in [4.69, 9.17) is 16.3 Å². The van der Waals surface area contributed by atoms with Crippen molar-refractivity contribution in [2.75, 3.05) is 0 Å². The molecule has 0 aliphatic rings. The van der Waals surface area contributed by atoms with E-state index < -0.39 is 5.97 Å². The van der Waals surface area contributed by atoms with Crippen molar-refractivity contribution in [2.45, 2.75) is 40.0 Å². The first-order valence-electron chi connectivity index (χ1n) is 8.25. The lowest BCUT2D eigenvalue weighted by Gasteiger charge is -2.07. The van der Waals surface area contributed by atoms with Gasteiger partial charge >= 0.3 is 5.97 Å². The standard InChI is InChI=1S/C17H18ClN5O3/c1-3-4-9-22-15(18)14(11(2)20-22)17(25)26-10-23-16(24)12-7-5-6-8-13(12)19-21-23/h5-8H,3-4,9-10H2,1-2H3. The molecule has 0 aliphatic carbocycles. The van der Waals surface area contributed by atoms with Crippen LogP contribution in [0.4, 0.5) is 0 Å². The minimum absolute atomic E-state index is 0.199. The van der Waals surface area contributed by atoms with E-state index in [0.29, 0.717) is 23.1 Å². The maximum atomic E-state index is 12.4. The molecule has 0 spiro atoms. The molecule has 0 saturated carbocycles. The van der Waals surface area contributed by atoms with Crippen molar-refractivity contribution in [3.63, 3.8) is 0 Å². The Bertz CT molecular complexity index is 1010. The van der Waals surface area contributed by atoms with Gasteiger partial charge in [0.2, 0.25) is 0 Å². The number of hydrogen-bond acceptors (Lipinski definition) is 6. The highest BCUT2D eigenvalue weighted by atomic mass is 35.5. The topological polar surface area (TPSA) is 91.9 Å². The van der Waals surface area contributed by atoms with Crippen molar-refractivity contribution < 1.29 is 9.53 Å². The third kappa shape index (κ3) is 3.45. The Labute approximate surface area is 154 Å². The molecule has 26 heavy (non-hydrogen) atoms. The summed E-state index contributed by atoms with van der Waals surface area (Å²) in [6.45, 7) is 4.01. The molecule has 2 heterocycles. The SMILES string of the molecule is CCCCn1nc(C)c(C(=O)OCn2nnc3ccccc3c2=O)c1Cl. The number of benzene rings is 1. The fraction of sp³-hybridized carbons (Fsp3) is 0.353. The zero-order chi connectivity index (χ0) is 18.7. The van der Waals surface area contributed by atoms with E-state index in [1.807, 2.05) is 0 Å². The maximum Gasteiger partial charge on any atom is 0.344 e. The molecule has 0 unspecified atom stereocenters. The van der Waals surface area contributed by atoms with Gasteiger partial charge in [-0.3, -0.25) is 9.48 Å². The Morgan fingerprint density at radius 1 is 1.27 bits per heavy atom. The summed E-state index contributed by atoms with van der Waals surface area (Å²) in [6.07, 6.45) is 1.88. The zero-order valence-corrected chi connectivity index (χ0v) is 15.2. The molecule has 8 nitrogen and oxygen atoms in total. The number of carbonyl (C=O) groups excluding carboxylic acids is 1. The summed E-state index contributed by atoms with van der Waals surface area (Å²) in [5.74, 6) is -0.655. The van der Waals surface area contributed by atoms with Crippen molar-refractivity contribution in [1.82, 2.24) is 24.8 Å².